The molecule has 0 saturated carbocycles. The molecule has 12 heteroatoms. The molecular weight excluding hydrogens is 341 g/mol. The molecule has 0 aliphatic heterocycles. The first-order chi connectivity index (χ1) is 10.4. The van der Waals surface area contributed by atoms with E-state index in [-0.39, 0.29) is 39.3 Å². The topological polar surface area (TPSA) is 72.8 Å². The number of rotatable bonds is 10. The highest BCUT2D eigenvalue weighted by Crippen LogP contribution is 2.46. The van der Waals surface area contributed by atoms with Crippen LogP contribution >= 0.6 is 0 Å². The Morgan fingerprint density at radius 1 is 0.913 bits per heavy atom. The summed E-state index contributed by atoms with van der Waals surface area (Å²) < 4.78 is 86.8. The highest BCUT2D eigenvalue weighted by Gasteiger charge is 2.76. The van der Waals surface area contributed by atoms with Crippen LogP contribution in [0.5, 0.6) is 0 Å². The zero-order chi connectivity index (χ0) is 18.3. The predicted molar refractivity (Wildman–Crippen MR) is 64.2 cm³/mol. The van der Waals surface area contributed by atoms with Crippen LogP contribution in [0.25, 0.3) is 0 Å². The Morgan fingerprint density at radius 3 is 1.78 bits per heavy atom. The van der Waals surface area contributed by atoms with E-state index in [9.17, 15) is 35.5 Å². The molecule has 0 saturated heterocycles. The number of aliphatic hydroxyl groups excluding tert-OH is 2. The minimum absolute atomic E-state index is 0.0561. The van der Waals surface area contributed by atoms with Crippen LogP contribution in [0.2, 0.25) is 0 Å². The predicted octanol–water partition coefficient (Wildman–Crippen LogP) is 0.612. The van der Waals surface area contributed by atoms with Crippen LogP contribution < -0.4 is 5.32 Å². The molecule has 0 bridgehead atoms. The highest BCUT2D eigenvalue weighted by atomic mass is 19.4. The van der Waals surface area contributed by atoms with Crippen molar-refractivity contribution in [1.82, 2.24) is 10.2 Å². The normalized spacial score (nSPS) is 13.5. The SMILES string of the molecule is O=C(NCCCN(CCO)CCO)C(F)(F)C(F)(F)C(F)(F)F. The van der Waals surface area contributed by atoms with Gasteiger partial charge in [0.2, 0.25) is 0 Å². The lowest BCUT2D eigenvalue weighted by atomic mass is 10.1. The first-order valence-electron chi connectivity index (χ1n) is 6.46. The number of amides is 1. The van der Waals surface area contributed by atoms with Crippen molar-refractivity contribution >= 4 is 5.91 Å². The van der Waals surface area contributed by atoms with E-state index in [1.807, 2.05) is 0 Å². The van der Waals surface area contributed by atoms with Crippen molar-refractivity contribution < 1.29 is 45.7 Å². The van der Waals surface area contributed by atoms with Gasteiger partial charge in [-0.25, -0.2) is 0 Å². The van der Waals surface area contributed by atoms with Gasteiger partial charge < -0.3 is 15.5 Å². The largest absolute Gasteiger partial charge is 0.460 e. The summed E-state index contributed by atoms with van der Waals surface area (Å²) in [7, 11) is 0. The number of aliphatic hydroxyl groups is 2. The second-order valence-corrected chi connectivity index (χ2v) is 4.54. The Kier molecular flexibility index (Phi) is 8.21. The molecule has 1 amide bonds. The number of carbonyl (C=O) groups is 1. The molecule has 138 valence electrons. The Labute approximate surface area is 127 Å². The third-order valence-electron chi connectivity index (χ3n) is 2.80. The first kappa shape index (κ1) is 21.9. The molecule has 0 aliphatic carbocycles. The molecule has 0 radical (unpaired) electrons. The number of nitrogens with one attached hydrogen (secondary N) is 1. The molecule has 3 N–H and O–H groups in total. The van der Waals surface area contributed by atoms with Gasteiger partial charge >= 0.3 is 18.0 Å². The van der Waals surface area contributed by atoms with Crippen molar-refractivity contribution in [2.45, 2.75) is 24.4 Å². The van der Waals surface area contributed by atoms with E-state index in [1.54, 1.807) is 0 Å². The first-order valence-corrected chi connectivity index (χ1v) is 6.46. The van der Waals surface area contributed by atoms with Gasteiger partial charge in [0.25, 0.3) is 5.91 Å². The summed E-state index contributed by atoms with van der Waals surface area (Å²) in [5.41, 5.74) is 0. The average Bonchev–Trinajstić information content (AvgIpc) is 2.42. The Hall–Kier alpha value is -1.14. The summed E-state index contributed by atoms with van der Waals surface area (Å²) in [6.07, 6.45) is -6.62. The lowest BCUT2D eigenvalue weighted by Crippen LogP contribution is -2.59. The van der Waals surface area contributed by atoms with Crippen molar-refractivity contribution in [3.8, 4) is 0 Å². The Morgan fingerprint density at radius 2 is 1.39 bits per heavy atom. The van der Waals surface area contributed by atoms with E-state index in [2.05, 4.69) is 0 Å². The lowest BCUT2D eigenvalue weighted by molar-refractivity contribution is -0.344. The van der Waals surface area contributed by atoms with Crippen LogP contribution in [0.3, 0.4) is 0 Å². The van der Waals surface area contributed by atoms with Crippen LogP contribution in [0.4, 0.5) is 30.7 Å². The summed E-state index contributed by atoms with van der Waals surface area (Å²) in [4.78, 5) is 12.4. The van der Waals surface area contributed by atoms with Gasteiger partial charge in [-0.05, 0) is 13.0 Å². The summed E-state index contributed by atoms with van der Waals surface area (Å²) in [5.74, 6) is -15.1. The van der Waals surface area contributed by atoms with E-state index in [0.29, 0.717) is 0 Å². The quantitative estimate of drug-likeness (QED) is 0.395. The standard InChI is InChI=1S/C11H17F7N2O3/c12-9(13,10(14,15)11(16,17)18)8(23)19-2-1-3-20(4-6-21)5-7-22/h21-22H,1-7H2,(H,19,23). The van der Waals surface area contributed by atoms with Crippen LogP contribution in [-0.2, 0) is 4.79 Å². The Balaban J connectivity index is 4.49. The van der Waals surface area contributed by atoms with Gasteiger partial charge in [0.1, 0.15) is 0 Å². The lowest BCUT2D eigenvalue weighted by Gasteiger charge is -2.27. The molecule has 0 heterocycles. The van der Waals surface area contributed by atoms with Gasteiger partial charge in [-0.2, -0.15) is 30.7 Å². The monoisotopic (exact) mass is 358 g/mol. The van der Waals surface area contributed by atoms with Crippen molar-refractivity contribution in [2.24, 2.45) is 0 Å². The molecule has 0 aromatic rings. The highest BCUT2D eigenvalue weighted by molar-refractivity contribution is 5.84. The number of hydrogen-bond donors (Lipinski definition) is 3. The second-order valence-electron chi connectivity index (χ2n) is 4.54. The fourth-order valence-corrected chi connectivity index (χ4v) is 1.55. The Bertz CT molecular complexity index is 371. The third-order valence-corrected chi connectivity index (χ3v) is 2.80. The summed E-state index contributed by atoms with van der Waals surface area (Å²) in [5, 5.41) is 18.7. The molecule has 0 aliphatic rings. The zero-order valence-electron chi connectivity index (χ0n) is 11.8. The maximum Gasteiger partial charge on any atom is 0.460 e. The molecule has 23 heavy (non-hydrogen) atoms. The van der Waals surface area contributed by atoms with E-state index < -0.39 is 30.5 Å². The summed E-state index contributed by atoms with van der Waals surface area (Å²) in [6.45, 7) is -0.726. The van der Waals surface area contributed by atoms with Crippen molar-refractivity contribution in [3.63, 3.8) is 0 Å². The fraction of sp³-hybridized carbons (Fsp3) is 0.909. The molecule has 0 fully saturated rings. The van der Waals surface area contributed by atoms with Gasteiger partial charge in [-0.15, -0.1) is 0 Å². The maximum absolute atomic E-state index is 13.0. The number of alkyl halides is 7. The molecule has 0 atom stereocenters. The van der Waals surface area contributed by atoms with E-state index in [0.717, 1.165) is 0 Å². The second kappa shape index (κ2) is 8.64. The molecule has 0 aromatic carbocycles. The van der Waals surface area contributed by atoms with Crippen molar-refractivity contribution in [2.75, 3.05) is 39.4 Å². The smallest absolute Gasteiger partial charge is 0.395 e. The van der Waals surface area contributed by atoms with E-state index >= 15 is 0 Å². The molecule has 5 nitrogen and oxygen atoms in total. The van der Waals surface area contributed by atoms with Gasteiger partial charge in [0, 0.05) is 19.6 Å². The molecular formula is C11H17F7N2O3. The van der Waals surface area contributed by atoms with Crippen molar-refractivity contribution in [1.29, 1.82) is 0 Å². The minimum atomic E-state index is -6.56. The van der Waals surface area contributed by atoms with E-state index in [1.165, 1.54) is 10.2 Å². The summed E-state index contributed by atoms with van der Waals surface area (Å²) >= 11 is 0. The molecule has 0 rings (SSSR count). The van der Waals surface area contributed by atoms with Crippen molar-refractivity contribution in [3.05, 3.63) is 0 Å². The van der Waals surface area contributed by atoms with Crippen LogP contribution in [-0.4, -0.2) is 78.4 Å². The number of carbonyl (C=O) groups excluding carboxylic acids is 1. The van der Waals surface area contributed by atoms with Crippen LogP contribution in [0.1, 0.15) is 6.42 Å². The molecule has 0 aromatic heterocycles. The average molecular weight is 358 g/mol. The van der Waals surface area contributed by atoms with Gasteiger partial charge in [-0.3, -0.25) is 9.69 Å². The zero-order valence-corrected chi connectivity index (χ0v) is 11.8. The summed E-state index contributed by atoms with van der Waals surface area (Å²) in [6, 6.07) is 0. The number of nitrogens with zero attached hydrogens (tertiary/aromatic N) is 1. The van der Waals surface area contributed by atoms with Crippen LogP contribution in [0, 0.1) is 0 Å². The number of halogens is 7. The fourth-order valence-electron chi connectivity index (χ4n) is 1.55. The van der Waals surface area contributed by atoms with Gasteiger partial charge in [-0.1, -0.05) is 0 Å². The van der Waals surface area contributed by atoms with Gasteiger partial charge in [0.05, 0.1) is 13.2 Å². The van der Waals surface area contributed by atoms with E-state index in [4.69, 9.17) is 10.2 Å². The maximum atomic E-state index is 13.0. The van der Waals surface area contributed by atoms with Crippen LogP contribution in [0.15, 0.2) is 0 Å². The number of hydrogen-bond acceptors (Lipinski definition) is 4. The minimum Gasteiger partial charge on any atom is -0.395 e. The molecule has 0 spiro atoms. The molecule has 0 unspecified atom stereocenters. The third kappa shape index (κ3) is 5.77. The van der Waals surface area contributed by atoms with Gasteiger partial charge in [0.15, 0.2) is 0 Å².